The second kappa shape index (κ2) is 11.2. The number of rotatable bonds is 6. The fraction of sp³-hybridized carbons (Fsp3) is 0.259. The van der Waals surface area contributed by atoms with E-state index in [0.717, 1.165) is 11.1 Å². The molecule has 0 unspecified atom stereocenters. The van der Waals surface area contributed by atoms with Gasteiger partial charge >= 0.3 is 6.03 Å². The molecule has 1 atom stereocenters. The number of carbonyl (C=O) groups excluding carboxylic acids is 1. The highest BCUT2D eigenvalue weighted by molar-refractivity contribution is 6.36. The van der Waals surface area contributed by atoms with Gasteiger partial charge in [0.15, 0.2) is 17.2 Å². The second-order valence-corrected chi connectivity index (χ2v) is 9.12. The lowest BCUT2D eigenvalue weighted by molar-refractivity contribution is 0.248. The van der Waals surface area contributed by atoms with Crippen molar-refractivity contribution in [1.29, 1.82) is 0 Å². The Bertz CT molecular complexity index is 1410. The van der Waals surface area contributed by atoms with E-state index in [-0.39, 0.29) is 11.2 Å². The SMILES string of the molecule is COc1cc2c(c(OC)c1OC)-c1ccc(OC)c(=O)cc1[C@@H](NC(=O)Nc1ccc(Cl)cc1Cl)CC2. The van der Waals surface area contributed by atoms with Crippen molar-refractivity contribution in [1.82, 2.24) is 5.32 Å². The number of amides is 2. The lowest BCUT2D eigenvalue weighted by Crippen LogP contribution is -2.33. The monoisotopic (exact) mass is 544 g/mol. The van der Waals surface area contributed by atoms with Gasteiger partial charge in [-0.25, -0.2) is 4.79 Å². The summed E-state index contributed by atoms with van der Waals surface area (Å²) in [6, 6.07) is 10.5. The summed E-state index contributed by atoms with van der Waals surface area (Å²) in [6.45, 7) is 0. The number of hydrogen-bond acceptors (Lipinski definition) is 6. The first-order chi connectivity index (χ1) is 17.8. The van der Waals surface area contributed by atoms with Gasteiger partial charge in [0.2, 0.25) is 11.2 Å². The second-order valence-electron chi connectivity index (χ2n) is 8.27. The third-order valence-corrected chi connectivity index (χ3v) is 6.75. The number of methoxy groups -OCH3 is 4. The van der Waals surface area contributed by atoms with E-state index in [1.807, 2.05) is 6.07 Å². The standard InChI is InChI=1S/C27H26Cl2N2O6/c1-34-22-10-7-16-17(13-21(22)32)19(30-27(33)31-20-9-6-15(28)12-18(20)29)8-5-14-11-23(35-2)25(36-3)26(37-4)24(14)16/h6-7,9-13,19H,5,8H2,1-4H3,(H2,30,31,33)/t19-/m0/s1. The first-order valence-corrected chi connectivity index (χ1v) is 12.1. The van der Waals surface area contributed by atoms with Crippen LogP contribution >= 0.6 is 23.2 Å². The molecule has 8 nitrogen and oxygen atoms in total. The van der Waals surface area contributed by atoms with Crippen LogP contribution < -0.4 is 35.0 Å². The number of nitrogens with one attached hydrogen (secondary N) is 2. The summed E-state index contributed by atoms with van der Waals surface area (Å²) < 4.78 is 22.2. The molecule has 194 valence electrons. The van der Waals surface area contributed by atoms with Gasteiger partial charge in [-0.05, 0) is 65.9 Å². The zero-order valence-corrected chi connectivity index (χ0v) is 22.3. The van der Waals surface area contributed by atoms with Crippen LogP contribution in [0, 0.1) is 0 Å². The van der Waals surface area contributed by atoms with Crippen LogP contribution in [-0.2, 0) is 6.42 Å². The number of anilines is 1. The van der Waals surface area contributed by atoms with E-state index in [1.54, 1.807) is 44.6 Å². The molecule has 0 spiro atoms. The van der Waals surface area contributed by atoms with Crippen molar-refractivity contribution in [2.45, 2.75) is 18.9 Å². The van der Waals surface area contributed by atoms with Gasteiger partial charge in [-0.3, -0.25) is 4.79 Å². The van der Waals surface area contributed by atoms with Crippen LogP contribution in [0.1, 0.15) is 23.6 Å². The van der Waals surface area contributed by atoms with Gasteiger partial charge < -0.3 is 29.6 Å². The van der Waals surface area contributed by atoms with E-state index in [0.29, 0.717) is 56.9 Å². The topological polar surface area (TPSA) is 95.1 Å². The van der Waals surface area contributed by atoms with Crippen LogP contribution in [0.4, 0.5) is 10.5 Å². The van der Waals surface area contributed by atoms with E-state index in [2.05, 4.69) is 10.6 Å². The number of urea groups is 1. The molecular formula is C27H26Cl2N2O6. The maximum absolute atomic E-state index is 13.0. The zero-order valence-electron chi connectivity index (χ0n) is 20.7. The lowest BCUT2D eigenvalue weighted by Gasteiger charge is -2.20. The molecule has 37 heavy (non-hydrogen) atoms. The van der Waals surface area contributed by atoms with Gasteiger partial charge in [-0.15, -0.1) is 0 Å². The smallest absolute Gasteiger partial charge is 0.319 e. The first-order valence-electron chi connectivity index (χ1n) is 11.4. The zero-order chi connectivity index (χ0) is 26.7. The van der Waals surface area contributed by atoms with Crippen molar-refractivity contribution in [3.05, 3.63) is 73.9 Å². The molecule has 2 N–H and O–H groups in total. The molecule has 0 fully saturated rings. The highest BCUT2D eigenvalue weighted by atomic mass is 35.5. The molecule has 0 saturated carbocycles. The summed E-state index contributed by atoms with van der Waals surface area (Å²) in [5.41, 5.74) is 3.05. The Kier molecular flexibility index (Phi) is 8.00. The Morgan fingerprint density at radius 1 is 0.892 bits per heavy atom. The molecule has 0 aliphatic heterocycles. The number of hydrogen-bond donors (Lipinski definition) is 2. The molecule has 0 saturated heterocycles. The summed E-state index contributed by atoms with van der Waals surface area (Å²) in [6.07, 6.45) is 1.05. The maximum atomic E-state index is 13.0. The number of ether oxygens (including phenoxy) is 4. The van der Waals surface area contributed by atoms with Crippen molar-refractivity contribution in [2.75, 3.05) is 33.8 Å². The van der Waals surface area contributed by atoms with E-state index >= 15 is 0 Å². The molecule has 0 heterocycles. The van der Waals surface area contributed by atoms with Gasteiger partial charge in [0.1, 0.15) is 0 Å². The molecule has 0 radical (unpaired) electrons. The van der Waals surface area contributed by atoms with Gasteiger partial charge in [0, 0.05) is 10.6 Å². The number of halogens is 2. The largest absolute Gasteiger partial charge is 0.493 e. The summed E-state index contributed by atoms with van der Waals surface area (Å²) in [5, 5.41) is 6.50. The molecule has 1 aliphatic rings. The Labute approximate surface area is 224 Å². The number of fused-ring (bicyclic) bond motifs is 3. The molecule has 10 heteroatoms. The lowest BCUT2D eigenvalue weighted by atomic mass is 9.95. The van der Waals surface area contributed by atoms with Crippen molar-refractivity contribution in [2.24, 2.45) is 0 Å². The average molecular weight is 545 g/mol. The minimum absolute atomic E-state index is 0.171. The predicted octanol–water partition coefficient (Wildman–Crippen LogP) is 5.86. The van der Waals surface area contributed by atoms with Crippen LogP contribution in [0.2, 0.25) is 10.0 Å². The highest BCUT2D eigenvalue weighted by Crippen LogP contribution is 2.50. The Balaban J connectivity index is 1.84. The number of aryl methyl sites for hydroxylation is 1. The van der Waals surface area contributed by atoms with Crippen LogP contribution in [0.3, 0.4) is 0 Å². The highest BCUT2D eigenvalue weighted by Gasteiger charge is 2.30. The van der Waals surface area contributed by atoms with Gasteiger partial charge in [0.05, 0.1) is 45.2 Å². The molecule has 1 aliphatic carbocycles. The third kappa shape index (κ3) is 5.26. The van der Waals surface area contributed by atoms with Gasteiger partial charge in [-0.1, -0.05) is 29.3 Å². The minimum Gasteiger partial charge on any atom is -0.493 e. The number of carbonyl (C=O) groups is 1. The summed E-state index contributed by atoms with van der Waals surface area (Å²) in [5.74, 6) is 1.58. The van der Waals surface area contributed by atoms with E-state index in [9.17, 15) is 9.59 Å². The Morgan fingerprint density at radius 3 is 2.27 bits per heavy atom. The van der Waals surface area contributed by atoms with Crippen molar-refractivity contribution in [3.63, 3.8) is 0 Å². The van der Waals surface area contributed by atoms with Crippen LogP contribution in [0.5, 0.6) is 23.0 Å². The molecule has 0 bridgehead atoms. The van der Waals surface area contributed by atoms with Crippen molar-refractivity contribution in [3.8, 4) is 34.1 Å². The van der Waals surface area contributed by atoms with E-state index in [1.165, 1.54) is 20.3 Å². The third-order valence-electron chi connectivity index (χ3n) is 6.21. The summed E-state index contributed by atoms with van der Waals surface area (Å²) in [4.78, 5) is 26.0. The molecule has 2 amide bonds. The van der Waals surface area contributed by atoms with Crippen molar-refractivity contribution < 1.29 is 23.7 Å². The molecule has 3 aromatic rings. The van der Waals surface area contributed by atoms with Gasteiger partial charge in [0.25, 0.3) is 0 Å². The molecule has 3 aromatic carbocycles. The molecule has 0 aromatic heterocycles. The Hall–Kier alpha value is -3.62. The molecule has 4 rings (SSSR count). The van der Waals surface area contributed by atoms with Crippen molar-refractivity contribution >= 4 is 34.9 Å². The molecular weight excluding hydrogens is 519 g/mol. The number of benzene rings is 2. The van der Waals surface area contributed by atoms with Crippen LogP contribution in [-0.4, -0.2) is 34.5 Å². The predicted molar refractivity (Wildman–Crippen MR) is 144 cm³/mol. The quantitative estimate of drug-likeness (QED) is 0.403. The van der Waals surface area contributed by atoms with E-state index in [4.69, 9.17) is 42.1 Å². The normalized spacial score (nSPS) is 13.9. The summed E-state index contributed by atoms with van der Waals surface area (Å²) in [7, 11) is 6.07. The minimum atomic E-state index is -0.528. The van der Waals surface area contributed by atoms with E-state index < -0.39 is 12.1 Å². The fourth-order valence-corrected chi connectivity index (χ4v) is 4.98. The maximum Gasteiger partial charge on any atom is 0.319 e. The fourth-order valence-electron chi connectivity index (χ4n) is 4.52. The Morgan fingerprint density at radius 2 is 1.62 bits per heavy atom. The first kappa shape index (κ1) is 26.4. The summed E-state index contributed by atoms with van der Waals surface area (Å²) >= 11 is 12.2. The van der Waals surface area contributed by atoms with Gasteiger partial charge in [-0.2, -0.15) is 0 Å². The van der Waals surface area contributed by atoms with Crippen LogP contribution in [0.15, 0.2) is 47.3 Å². The average Bonchev–Trinajstić information content (AvgIpc) is 3.13. The van der Waals surface area contributed by atoms with Crippen LogP contribution in [0.25, 0.3) is 11.1 Å².